The number of hydrogen-bond donors (Lipinski definition) is 4. The van der Waals surface area contributed by atoms with Crippen LogP contribution in [0.2, 0.25) is 0 Å². The third-order valence-corrected chi connectivity index (χ3v) is 6.81. The van der Waals surface area contributed by atoms with E-state index in [1.807, 2.05) is 39.5 Å². The van der Waals surface area contributed by atoms with Gasteiger partial charge in [0.25, 0.3) is 0 Å². The highest BCUT2D eigenvalue weighted by Gasteiger charge is 2.32. The van der Waals surface area contributed by atoms with Crippen molar-refractivity contribution in [2.24, 2.45) is 17.6 Å². The van der Waals surface area contributed by atoms with Crippen LogP contribution in [0.25, 0.3) is 0 Å². The normalized spacial score (nSPS) is 23.6. The van der Waals surface area contributed by atoms with Crippen molar-refractivity contribution in [3.05, 3.63) is 0 Å². The first-order valence-corrected chi connectivity index (χ1v) is 13.4. The van der Waals surface area contributed by atoms with Crippen LogP contribution in [0.3, 0.4) is 0 Å². The van der Waals surface area contributed by atoms with Crippen molar-refractivity contribution >= 4 is 17.8 Å². The van der Waals surface area contributed by atoms with Crippen molar-refractivity contribution < 1.29 is 14.4 Å². The minimum atomic E-state index is -0.666. The molecular weight excluding hydrogens is 430 g/mol. The summed E-state index contributed by atoms with van der Waals surface area (Å²) in [6.45, 7) is 11.3. The Morgan fingerprint density at radius 2 is 1.47 bits per heavy atom. The lowest BCUT2D eigenvalue weighted by Crippen LogP contribution is -2.58. The van der Waals surface area contributed by atoms with Gasteiger partial charge in [-0.15, -0.1) is 0 Å². The number of nitrogens with one attached hydrogen (secondary N) is 3. The van der Waals surface area contributed by atoms with E-state index in [0.29, 0.717) is 18.8 Å². The molecule has 2 rings (SSSR count). The van der Waals surface area contributed by atoms with Gasteiger partial charge in [-0.2, -0.15) is 0 Å². The van der Waals surface area contributed by atoms with Crippen molar-refractivity contribution in [1.29, 1.82) is 0 Å². The second kappa shape index (κ2) is 13.3. The Morgan fingerprint density at radius 3 is 2.00 bits per heavy atom. The molecule has 0 bridgehead atoms. The van der Waals surface area contributed by atoms with E-state index in [2.05, 4.69) is 16.0 Å². The molecule has 0 spiro atoms. The number of nitrogens with two attached hydrogens (primary N) is 1. The molecule has 1 aliphatic heterocycles. The Bertz CT molecular complexity index is 660. The number of hydrogen-bond acceptors (Lipinski definition) is 4. The minimum Gasteiger partial charge on any atom is -0.350 e. The van der Waals surface area contributed by atoms with E-state index in [4.69, 9.17) is 5.73 Å². The lowest BCUT2D eigenvalue weighted by Gasteiger charge is -2.32. The van der Waals surface area contributed by atoms with Crippen molar-refractivity contribution in [3.8, 4) is 0 Å². The maximum Gasteiger partial charge on any atom is 0.318 e. The molecule has 1 heterocycles. The lowest BCUT2D eigenvalue weighted by molar-refractivity contribution is -0.131. The van der Waals surface area contributed by atoms with Crippen LogP contribution < -0.4 is 21.7 Å². The van der Waals surface area contributed by atoms with E-state index in [0.717, 1.165) is 64.5 Å². The standard InChI is InChI=1S/C26H49N5O3/c1-18(2)16-21(29-25(34)31-14-8-6-7-9-15-31)23(32)28-22(24(33)30-26(3,4)5)17-19-10-12-20(27)13-11-19/h18-22H,6-17,27H2,1-5H3,(H,28,32)(H,29,34)(H,30,33). The monoisotopic (exact) mass is 479 g/mol. The average molecular weight is 480 g/mol. The number of likely N-dealkylation sites (tertiary alicyclic amines) is 1. The Labute approximate surface area is 206 Å². The highest BCUT2D eigenvalue weighted by molar-refractivity contribution is 5.92. The highest BCUT2D eigenvalue weighted by Crippen LogP contribution is 2.27. The Balaban J connectivity index is 2.09. The lowest BCUT2D eigenvalue weighted by atomic mass is 9.82. The van der Waals surface area contributed by atoms with Crippen LogP contribution in [-0.4, -0.2) is 59.5 Å². The SMILES string of the molecule is CC(C)CC(NC(=O)N1CCCCCC1)C(=O)NC(CC1CCC(N)CC1)C(=O)NC(C)(C)C. The van der Waals surface area contributed by atoms with Crippen LogP contribution in [0.1, 0.15) is 98.8 Å². The molecule has 2 atom stereocenters. The van der Waals surface area contributed by atoms with Gasteiger partial charge in [-0.3, -0.25) is 9.59 Å². The summed E-state index contributed by atoms with van der Waals surface area (Å²) in [4.78, 5) is 41.3. The predicted octanol–water partition coefficient (Wildman–Crippen LogP) is 3.29. The number of rotatable bonds is 8. The Kier molecular flexibility index (Phi) is 11.1. The van der Waals surface area contributed by atoms with E-state index in [1.165, 1.54) is 0 Å². The molecule has 34 heavy (non-hydrogen) atoms. The van der Waals surface area contributed by atoms with Gasteiger partial charge in [0.15, 0.2) is 0 Å². The van der Waals surface area contributed by atoms with Crippen LogP contribution in [0, 0.1) is 11.8 Å². The van der Waals surface area contributed by atoms with Gasteiger partial charge in [0.1, 0.15) is 12.1 Å². The van der Waals surface area contributed by atoms with Gasteiger partial charge in [-0.25, -0.2) is 4.79 Å². The molecule has 0 radical (unpaired) electrons. The molecule has 0 aromatic carbocycles. The first-order valence-electron chi connectivity index (χ1n) is 13.4. The maximum atomic E-state index is 13.4. The molecule has 1 aliphatic carbocycles. The van der Waals surface area contributed by atoms with E-state index >= 15 is 0 Å². The van der Waals surface area contributed by atoms with E-state index in [1.54, 1.807) is 0 Å². The van der Waals surface area contributed by atoms with Crippen molar-refractivity contribution in [3.63, 3.8) is 0 Å². The van der Waals surface area contributed by atoms with Gasteiger partial charge in [-0.1, -0.05) is 26.7 Å². The van der Waals surface area contributed by atoms with Crippen LogP contribution >= 0.6 is 0 Å². The summed E-state index contributed by atoms with van der Waals surface area (Å²) < 4.78 is 0. The van der Waals surface area contributed by atoms with Crippen molar-refractivity contribution in [2.75, 3.05) is 13.1 Å². The van der Waals surface area contributed by atoms with Crippen LogP contribution in [0.4, 0.5) is 4.79 Å². The molecule has 8 nitrogen and oxygen atoms in total. The fraction of sp³-hybridized carbons (Fsp3) is 0.885. The number of urea groups is 1. The summed E-state index contributed by atoms with van der Waals surface area (Å²) in [6.07, 6.45) is 9.22. The predicted molar refractivity (Wildman–Crippen MR) is 136 cm³/mol. The molecule has 2 unspecified atom stereocenters. The molecule has 2 fully saturated rings. The summed E-state index contributed by atoms with van der Waals surface area (Å²) >= 11 is 0. The van der Waals surface area contributed by atoms with Gasteiger partial charge >= 0.3 is 6.03 Å². The summed E-state index contributed by atoms with van der Waals surface area (Å²) in [5.41, 5.74) is 5.67. The first kappa shape index (κ1) is 28.4. The number of amides is 4. The smallest absolute Gasteiger partial charge is 0.318 e. The van der Waals surface area contributed by atoms with Crippen LogP contribution in [0.5, 0.6) is 0 Å². The summed E-state index contributed by atoms with van der Waals surface area (Å²) in [6, 6.07) is -1.24. The van der Waals surface area contributed by atoms with E-state index in [-0.39, 0.29) is 29.8 Å². The fourth-order valence-corrected chi connectivity index (χ4v) is 4.93. The molecule has 5 N–H and O–H groups in total. The first-order chi connectivity index (χ1) is 15.9. The molecule has 8 heteroatoms. The van der Waals surface area contributed by atoms with Crippen molar-refractivity contribution in [1.82, 2.24) is 20.9 Å². The second-order valence-electron chi connectivity index (χ2n) is 11.8. The largest absolute Gasteiger partial charge is 0.350 e. The Hall–Kier alpha value is -1.83. The third-order valence-electron chi connectivity index (χ3n) is 6.81. The van der Waals surface area contributed by atoms with Crippen LogP contribution in [0.15, 0.2) is 0 Å². The summed E-state index contributed by atoms with van der Waals surface area (Å²) in [5.74, 6) is 0.129. The molecule has 0 aromatic rings. The zero-order chi connectivity index (χ0) is 25.3. The molecule has 1 saturated carbocycles. The fourth-order valence-electron chi connectivity index (χ4n) is 4.93. The van der Waals surface area contributed by atoms with Gasteiger partial charge in [0.05, 0.1) is 0 Å². The van der Waals surface area contributed by atoms with E-state index < -0.39 is 17.6 Å². The second-order valence-corrected chi connectivity index (χ2v) is 11.8. The molecule has 2 aliphatic rings. The van der Waals surface area contributed by atoms with Crippen molar-refractivity contribution in [2.45, 2.75) is 122 Å². The van der Waals surface area contributed by atoms with Gasteiger partial charge in [-0.05, 0) is 84.0 Å². The quantitative estimate of drug-likeness (QED) is 0.427. The molecular formula is C26H49N5O3. The highest BCUT2D eigenvalue weighted by atomic mass is 16.2. The van der Waals surface area contributed by atoms with Crippen LogP contribution in [-0.2, 0) is 9.59 Å². The molecule has 1 saturated heterocycles. The topological polar surface area (TPSA) is 117 Å². The van der Waals surface area contributed by atoms with Gasteiger partial charge in [0.2, 0.25) is 11.8 Å². The molecule has 196 valence electrons. The average Bonchev–Trinajstić information content (AvgIpc) is 3.02. The third kappa shape index (κ3) is 10.2. The van der Waals surface area contributed by atoms with Gasteiger partial charge < -0.3 is 26.6 Å². The summed E-state index contributed by atoms with van der Waals surface area (Å²) in [5, 5.41) is 9.01. The molecule has 4 amide bonds. The zero-order valence-corrected chi connectivity index (χ0v) is 22.1. The summed E-state index contributed by atoms with van der Waals surface area (Å²) in [7, 11) is 0. The zero-order valence-electron chi connectivity index (χ0n) is 22.1. The maximum absolute atomic E-state index is 13.4. The van der Waals surface area contributed by atoms with E-state index in [9.17, 15) is 14.4 Å². The molecule has 0 aromatic heterocycles. The minimum absolute atomic E-state index is 0.169. The Morgan fingerprint density at radius 1 is 0.882 bits per heavy atom. The number of nitrogens with zero attached hydrogens (tertiary/aromatic N) is 1. The number of carbonyl (C=O) groups excluding carboxylic acids is 3. The number of carbonyl (C=O) groups is 3. The van der Waals surface area contributed by atoms with Gasteiger partial charge in [0, 0.05) is 24.7 Å².